The topological polar surface area (TPSA) is 43.2 Å². The minimum absolute atomic E-state index is 0.687. The van der Waals surface area contributed by atoms with Gasteiger partial charge < -0.3 is 14.2 Å². The molecule has 0 spiro atoms. The second-order valence-electron chi connectivity index (χ2n) is 7.28. The number of aryl methyl sites for hydroxylation is 1. The largest absolute Gasteiger partial charge is 0.378 e. The first-order valence-corrected chi connectivity index (χ1v) is 9.46. The first-order chi connectivity index (χ1) is 12.7. The highest BCUT2D eigenvalue weighted by atomic mass is 16.5. The van der Waals surface area contributed by atoms with Gasteiger partial charge in [0.15, 0.2) is 0 Å². The van der Waals surface area contributed by atoms with Gasteiger partial charge in [-0.1, -0.05) is 32.0 Å². The highest BCUT2D eigenvalue weighted by molar-refractivity contribution is 5.95. The summed E-state index contributed by atoms with van der Waals surface area (Å²) in [5, 5.41) is 1.25. The quantitative estimate of drug-likeness (QED) is 0.698. The Morgan fingerprint density at radius 3 is 2.73 bits per heavy atom. The fourth-order valence-corrected chi connectivity index (χ4v) is 3.45. The molecule has 1 aromatic carbocycles. The van der Waals surface area contributed by atoms with Gasteiger partial charge in [-0.2, -0.15) is 0 Å². The van der Waals surface area contributed by atoms with E-state index in [1.807, 2.05) is 12.3 Å². The van der Waals surface area contributed by atoms with Crippen molar-refractivity contribution in [3.05, 3.63) is 42.7 Å². The van der Waals surface area contributed by atoms with Crippen LogP contribution in [0.3, 0.4) is 0 Å². The highest BCUT2D eigenvalue weighted by Gasteiger charge is 2.16. The van der Waals surface area contributed by atoms with Gasteiger partial charge in [0, 0.05) is 48.5 Å². The number of fused-ring (bicyclic) bond motifs is 1. The van der Waals surface area contributed by atoms with Gasteiger partial charge in [0.05, 0.1) is 18.9 Å². The van der Waals surface area contributed by atoms with Crippen molar-refractivity contribution in [2.24, 2.45) is 5.92 Å². The first-order valence-electron chi connectivity index (χ1n) is 9.46. The highest BCUT2D eigenvalue weighted by Crippen LogP contribution is 2.30. The van der Waals surface area contributed by atoms with Gasteiger partial charge in [-0.25, -0.2) is 9.97 Å². The van der Waals surface area contributed by atoms with E-state index in [1.54, 1.807) is 0 Å². The Balaban J connectivity index is 1.72. The molecule has 3 heterocycles. The van der Waals surface area contributed by atoms with E-state index >= 15 is 0 Å². The van der Waals surface area contributed by atoms with Crippen LogP contribution in [0.5, 0.6) is 0 Å². The van der Waals surface area contributed by atoms with Crippen LogP contribution in [0.4, 0.5) is 5.95 Å². The molecule has 4 rings (SSSR count). The van der Waals surface area contributed by atoms with Gasteiger partial charge >= 0.3 is 0 Å². The summed E-state index contributed by atoms with van der Waals surface area (Å²) in [5.74, 6) is 1.48. The summed E-state index contributed by atoms with van der Waals surface area (Å²) in [7, 11) is 0. The molecule has 136 valence electrons. The molecule has 0 saturated carbocycles. The molecule has 26 heavy (non-hydrogen) atoms. The normalized spacial score (nSPS) is 15.1. The molecule has 1 fully saturated rings. The van der Waals surface area contributed by atoms with Gasteiger partial charge in [0.1, 0.15) is 0 Å². The lowest BCUT2D eigenvalue weighted by Gasteiger charge is -2.26. The fraction of sp³-hybridized carbons (Fsp3) is 0.429. The molecule has 3 aromatic rings. The number of para-hydroxylation sites is 1. The van der Waals surface area contributed by atoms with Crippen LogP contribution in [-0.4, -0.2) is 40.8 Å². The number of nitrogens with zero attached hydrogens (tertiary/aromatic N) is 4. The Labute approximate surface area is 154 Å². The predicted octanol–water partition coefficient (Wildman–Crippen LogP) is 3.98. The number of hydrogen-bond donors (Lipinski definition) is 0. The van der Waals surface area contributed by atoms with Crippen LogP contribution in [-0.2, 0) is 11.3 Å². The average Bonchev–Trinajstić information content (AvgIpc) is 3.06. The van der Waals surface area contributed by atoms with Gasteiger partial charge in [-0.05, 0) is 24.5 Å². The molecule has 5 heteroatoms. The molecule has 0 radical (unpaired) electrons. The van der Waals surface area contributed by atoms with Crippen LogP contribution in [0, 0.1) is 5.92 Å². The van der Waals surface area contributed by atoms with E-state index in [0.717, 1.165) is 44.5 Å². The minimum atomic E-state index is 0.687. The number of hydrogen-bond acceptors (Lipinski definition) is 4. The lowest BCUT2D eigenvalue weighted by Crippen LogP contribution is -2.37. The Morgan fingerprint density at radius 2 is 1.92 bits per heavy atom. The Kier molecular flexibility index (Phi) is 4.89. The van der Waals surface area contributed by atoms with Crippen molar-refractivity contribution in [1.29, 1.82) is 0 Å². The Hall–Kier alpha value is -2.40. The second-order valence-corrected chi connectivity index (χ2v) is 7.28. The molecule has 5 nitrogen and oxygen atoms in total. The molecule has 0 unspecified atom stereocenters. The average molecular weight is 350 g/mol. The summed E-state index contributed by atoms with van der Waals surface area (Å²) < 4.78 is 7.80. The van der Waals surface area contributed by atoms with Crippen LogP contribution in [0.25, 0.3) is 22.2 Å². The van der Waals surface area contributed by atoms with Crippen LogP contribution in [0.15, 0.2) is 42.7 Å². The molecule has 0 bridgehead atoms. The van der Waals surface area contributed by atoms with Crippen molar-refractivity contribution in [3.63, 3.8) is 0 Å². The predicted molar refractivity (Wildman–Crippen MR) is 105 cm³/mol. The molecule has 0 atom stereocenters. The molecule has 0 aliphatic carbocycles. The van der Waals surface area contributed by atoms with Crippen LogP contribution < -0.4 is 4.90 Å². The molecule has 0 N–H and O–H groups in total. The SMILES string of the molecule is CC(C)CCn1cc(-c2ccnc(N3CCOCC3)n2)c2ccccc21. The maximum absolute atomic E-state index is 5.44. The zero-order valence-corrected chi connectivity index (χ0v) is 15.6. The number of ether oxygens (including phenoxy) is 1. The molecular weight excluding hydrogens is 324 g/mol. The van der Waals surface area contributed by atoms with Crippen LogP contribution in [0.2, 0.25) is 0 Å². The molecular formula is C21H26N4O. The molecule has 0 amide bonds. The van der Waals surface area contributed by atoms with Crippen LogP contribution >= 0.6 is 0 Å². The number of rotatable bonds is 5. The Bertz CT molecular complexity index is 881. The third kappa shape index (κ3) is 3.44. The third-order valence-corrected chi connectivity index (χ3v) is 4.95. The van der Waals surface area contributed by atoms with E-state index < -0.39 is 0 Å². The molecule has 2 aromatic heterocycles. The lowest BCUT2D eigenvalue weighted by molar-refractivity contribution is 0.122. The van der Waals surface area contributed by atoms with Crippen molar-refractivity contribution in [2.75, 3.05) is 31.2 Å². The summed E-state index contributed by atoms with van der Waals surface area (Å²) in [5.41, 5.74) is 3.44. The van der Waals surface area contributed by atoms with Crippen molar-refractivity contribution in [2.45, 2.75) is 26.8 Å². The number of morpholine rings is 1. The number of anilines is 1. The van der Waals surface area contributed by atoms with E-state index in [-0.39, 0.29) is 0 Å². The van der Waals surface area contributed by atoms with Gasteiger partial charge in [-0.3, -0.25) is 0 Å². The fourth-order valence-electron chi connectivity index (χ4n) is 3.45. The van der Waals surface area contributed by atoms with E-state index in [2.05, 4.69) is 58.8 Å². The van der Waals surface area contributed by atoms with Crippen molar-refractivity contribution >= 4 is 16.9 Å². The van der Waals surface area contributed by atoms with Crippen molar-refractivity contribution in [3.8, 4) is 11.3 Å². The summed E-state index contributed by atoms with van der Waals surface area (Å²) >= 11 is 0. The molecule has 1 saturated heterocycles. The summed E-state index contributed by atoms with van der Waals surface area (Å²) in [6.45, 7) is 8.74. The smallest absolute Gasteiger partial charge is 0.226 e. The molecule has 1 aliphatic heterocycles. The summed E-state index contributed by atoms with van der Waals surface area (Å²) in [4.78, 5) is 11.6. The van der Waals surface area contributed by atoms with Crippen molar-refractivity contribution < 1.29 is 4.74 Å². The summed E-state index contributed by atoms with van der Waals surface area (Å²) in [6.07, 6.45) is 5.28. The van der Waals surface area contributed by atoms with E-state index in [9.17, 15) is 0 Å². The monoisotopic (exact) mass is 350 g/mol. The van der Waals surface area contributed by atoms with Gasteiger partial charge in [0.25, 0.3) is 0 Å². The summed E-state index contributed by atoms with van der Waals surface area (Å²) in [6, 6.07) is 10.6. The van der Waals surface area contributed by atoms with Crippen molar-refractivity contribution in [1.82, 2.24) is 14.5 Å². The standard InChI is InChI=1S/C21H26N4O/c1-16(2)8-10-25-15-18(17-5-3-4-6-20(17)25)19-7-9-22-21(23-19)24-11-13-26-14-12-24/h3-7,9,15-16H,8,10-14H2,1-2H3. The second kappa shape index (κ2) is 7.46. The minimum Gasteiger partial charge on any atom is -0.378 e. The number of benzene rings is 1. The van der Waals surface area contributed by atoms with Gasteiger partial charge in [-0.15, -0.1) is 0 Å². The van der Waals surface area contributed by atoms with E-state index in [1.165, 1.54) is 22.9 Å². The maximum atomic E-state index is 5.44. The lowest BCUT2D eigenvalue weighted by atomic mass is 10.1. The zero-order valence-electron chi connectivity index (χ0n) is 15.6. The van der Waals surface area contributed by atoms with Gasteiger partial charge in [0.2, 0.25) is 5.95 Å². The molecule has 1 aliphatic rings. The zero-order chi connectivity index (χ0) is 17.9. The third-order valence-electron chi connectivity index (χ3n) is 4.95. The first kappa shape index (κ1) is 17.0. The number of aromatic nitrogens is 3. The maximum Gasteiger partial charge on any atom is 0.226 e. The Morgan fingerprint density at radius 1 is 1.12 bits per heavy atom. The van der Waals surface area contributed by atoms with Crippen LogP contribution in [0.1, 0.15) is 20.3 Å². The van der Waals surface area contributed by atoms with E-state index in [4.69, 9.17) is 9.72 Å². The van der Waals surface area contributed by atoms with E-state index in [0.29, 0.717) is 5.92 Å².